The van der Waals surface area contributed by atoms with E-state index in [0.717, 1.165) is 0 Å². The summed E-state index contributed by atoms with van der Waals surface area (Å²) in [4.78, 5) is 10.4. The van der Waals surface area contributed by atoms with Gasteiger partial charge < -0.3 is 19.9 Å². The van der Waals surface area contributed by atoms with Crippen LogP contribution in [0.15, 0.2) is 16.5 Å². The third kappa shape index (κ3) is 3.59. The lowest BCUT2D eigenvalue weighted by Gasteiger charge is -2.09. The molecule has 0 bridgehead atoms. The molecule has 0 saturated carbocycles. The largest absolute Gasteiger partial charge is 0.475 e. The molecule has 5 nitrogen and oxygen atoms in total. The number of carboxylic acid groups (broad SMARTS) is 1. The van der Waals surface area contributed by atoms with Gasteiger partial charge in [0.15, 0.2) is 0 Å². The van der Waals surface area contributed by atoms with E-state index in [2.05, 4.69) is 5.32 Å². The number of aliphatic hydroxyl groups excluding tert-OH is 1. The second-order valence-electron chi connectivity index (χ2n) is 3.10. The predicted octanol–water partition coefficient (Wildman–Crippen LogP) is 0.693. The summed E-state index contributed by atoms with van der Waals surface area (Å²) in [6.07, 6.45) is -4.55. The molecule has 1 aromatic heterocycles. The number of nitrogens with one attached hydrogen (secondary N) is 1. The van der Waals surface area contributed by atoms with E-state index in [-0.39, 0.29) is 18.8 Å². The molecule has 0 radical (unpaired) electrons. The summed E-state index contributed by atoms with van der Waals surface area (Å²) >= 11 is 0. The van der Waals surface area contributed by atoms with Crippen molar-refractivity contribution in [2.45, 2.75) is 19.1 Å². The Balaban J connectivity index is 2.35. The normalized spacial score (nSPS) is 13.0. The van der Waals surface area contributed by atoms with Gasteiger partial charge in [-0.05, 0) is 12.1 Å². The maximum absolute atomic E-state index is 11.9. The van der Waals surface area contributed by atoms with E-state index in [1.54, 1.807) is 0 Å². The van der Waals surface area contributed by atoms with Crippen molar-refractivity contribution in [3.8, 4) is 0 Å². The number of aromatic carboxylic acids is 1. The first kappa shape index (κ1) is 12.6. The fraction of sp³-hybridized carbons (Fsp3) is 0.444. The van der Waals surface area contributed by atoms with Crippen molar-refractivity contribution in [2.75, 3.05) is 6.54 Å². The van der Waals surface area contributed by atoms with Gasteiger partial charge in [0.1, 0.15) is 11.9 Å². The van der Waals surface area contributed by atoms with Gasteiger partial charge in [-0.15, -0.1) is 0 Å². The van der Waals surface area contributed by atoms with Crippen molar-refractivity contribution >= 4 is 5.97 Å². The number of aliphatic hydroxyl groups is 1. The lowest BCUT2D eigenvalue weighted by atomic mass is 10.3. The SMILES string of the molecule is O=C(O)c1ccc(CNCC(O)C(F)F)o1. The first-order chi connectivity index (χ1) is 7.50. The van der Waals surface area contributed by atoms with Crippen LogP contribution in [-0.4, -0.2) is 35.3 Å². The van der Waals surface area contributed by atoms with Crippen LogP contribution in [0.25, 0.3) is 0 Å². The number of carboxylic acids is 1. The van der Waals surface area contributed by atoms with Crippen molar-refractivity contribution in [3.05, 3.63) is 23.7 Å². The summed E-state index contributed by atoms with van der Waals surface area (Å²) in [5.41, 5.74) is 0. The van der Waals surface area contributed by atoms with Crippen LogP contribution in [0.2, 0.25) is 0 Å². The van der Waals surface area contributed by atoms with Crippen LogP contribution in [0.3, 0.4) is 0 Å². The van der Waals surface area contributed by atoms with E-state index in [9.17, 15) is 13.6 Å². The molecule has 3 N–H and O–H groups in total. The van der Waals surface area contributed by atoms with E-state index < -0.39 is 18.5 Å². The van der Waals surface area contributed by atoms with Gasteiger partial charge in [0.2, 0.25) is 5.76 Å². The zero-order valence-corrected chi connectivity index (χ0v) is 8.19. The Labute approximate surface area is 89.7 Å². The predicted molar refractivity (Wildman–Crippen MR) is 49.4 cm³/mol. The summed E-state index contributed by atoms with van der Waals surface area (Å²) in [6.45, 7) is -0.210. The molecule has 1 unspecified atom stereocenters. The number of halogens is 2. The molecule has 0 aliphatic carbocycles. The van der Waals surface area contributed by atoms with Crippen LogP contribution in [0.1, 0.15) is 16.3 Å². The van der Waals surface area contributed by atoms with Gasteiger partial charge in [0.25, 0.3) is 6.43 Å². The van der Waals surface area contributed by atoms with Crippen LogP contribution >= 0.6 is 0 Å². The Bertz CT molecular complexity index is 353. The average molecular weight is 235 g/mol. The zero-order chi connectivity index (χ0) is 12.1. The lowest BCUT2D eigenvalue weighted by Crippen LogP contribution is -2.31. The van der Waals surface area contributed by atoms with E-state index in [1.165, 1.54) is 12.1 Å². The minimum atomic E-state index is -2.81. The number of alkyl halides is 2. The van der Waals surface area contributed by atoms with E-state index in [0.29, 0.717) is 5.76 Å². The molecule has 7 heteroatoms. The lowest BCUT2D eigenvalue weighted by molar-refractivity contribution is -0.00360. The highest BCUT2D eigenvalue weighted by atomic mass is 19.3. The summed E-state index contributed by atoms with van der Waals surface area (Å²) in [5.74, 6) is -1.11. The molecule has 1 atom stereocenters. The van der Waals surface area contributed by atoms with Crippen molar-refractivity contribution in [1.29, 1.82) is 0 Å². The average Bonchev–Trinajstić information content (AvgIpc) is 2.66. The second-order valence-corrected chi connectivity index (χ2v) is 3.10. The number of hydrogen-bond acceptors (Lipinski definition) is 4. The smallest absolute Gasteiger partial charge is 0.371 e. The Kier molecular flexibility index (Phi) is 4.39. The van der Waals surface area contributed by atoms with Gasteiger partial charge in [-0.3, -0.25) is 0 Å². The molecule has 1 heterocycles. The molecule has 0 aliphatic rings. The molecule has 90 valence electrons. The molecule has 0 spiro atoms. The van der Waals surface area contributed by atoms with Crippen molar-refractivity contribution < 1.29 is 28.2 Å². The van der Waals surface area contributed by atoms with Crippen LogP contribution < -0.4 is 5.32 Å². The number of furan rings is 1. The number of carbonyl (C=O) groups is 1. The quantitative estimate of drug-likeness (QED) is 0.675. The molecular weight excluding hydrogens is 224 g/mol. The fourth-order valence-corrected chi connectivity index (χ4v) is 1.02. The standard InChI is InChI=1S/C9H11F2NO4/c10-8(11)6(13)4-12-3-5-1-2-7(16-5)9(14)15/h1-2,6,8,12-13H,3-4H2,(H,14,15). The molecule has 0 aromatic carbocycles. The van der Waals surface area contributed by atoms with Crippen molar-refractivity contribution in [3.63, 3.8) is 0 Å². The highest BCUT2D eigenvalue weighted by molar-refractivity contribution is 5.84. The maximum Gasteiger partial charge on any atom is 0.371 e. The topological polar surface area (TPSA) is 82.7 Å². The van der Waals surface area contributed by atoms with Crippen LogP contribution in [-0.2, 0) is 6.54 Å². The van der Waals surface area contributed by atoms with Gasteiger partial charge in [-0.25, -0.2) is 13.6 Å². The first-order valence-electron chi connectivity index (χ1n) is 4.49. The molecule has 0 amide bonds. The Morgan fingerprint density at radius 1 is 1.50 bits per heavy atom. The fourth-order valence-electron chi connectivity index (χ4n) is 1.02. The number of rotatable bonds is 6. The molecule has 0 fully saturated rings. The molecule has 1 aromatic rings. The summed E-state index contributed by atoms with van der Waals surface area (Å²) in [6, 6.07) is 2.69. The van der Waals surface area contributed by atoms with E-state index in [4.69, 9.17) is 14.6 Å². The molecule has 16 heavy (non-hydrogen) atoms. The highest BCUT2D eigenvalue weighted by Crippen LogP contribution is 2.07. The Morgan fingerprint density at radius 2 is 2.19 bits per heavy atom. The molecule has 0 aliphatic heterocycles. The monoisotopic (exact) mass is 235 g/mol. The van der Waals surface area contributed by atoms with Crippen molar-refractivity contribution in [2.24, 2.45) is 0 Å². The van der Waals surface area contributed by atoms with E-state index >= 15 is 0 Å². The van der Waals surface area contributed by atoms with Crippen LogP contribution in [0.4, 0.5) is 8.78 Å². The summed E-state index contributed by atoms with van der Waals surface area (Å²) < 4.78 is 28.6. The highest BCUT2D eigenvalue weighted by Gasteiger charge is 2.16. The zero-order valence-electron chi connectivity index (χ0n) is 8.19. The minimum Gasteiger partial charge on any atom is -0.475 e. The Hall–Kier alpha value is -1.47. The molecular formula is C9H11F2NO4. The van der Waals surface area contributed by atoms with Gasteiger partial charge in [0, 0.05) is 6.54 Å². The molecule has 1 rings (SSSR count). The van der Waals surface area contributed by atoms with Gasteiger partial charge in [-0.1, -0.05) is 0 Å². The number of hydrogen-bond donors (Lipinski definition) is 3. The van der Waals surface area contributed by atoms with Gasteiger partial charge in [0.05, 0.1) is 6.54 Å². The Morgan fingerprint density at radius 3 is 2.69 bits per heavy atom. The van der Waals surface area contributed by atoms with Gasteiger partial charge >= 0.3 is 5.97 Å². The third-order valence-electron chi connectivity index (χ3n) is 1.82. The third-order valence-corrected chi connectivity index (χ3v) is 1.82. The summed E-state index contributed by atoms with van der Waals surface area (Å²) in [7, 11) is 0. The second kappa shape index (κ2) is 5.57. The maximum atomic E-state index is 11.9. The van der Waals surface area contributed by atoms with Crippen LogP contribution in [0, 0.1) is 0 Å². The van der Waals surface area contributed by atoms with Crippen molar-refractivity contribution in [1.82, 2.24) is 5.32 Å². The first-order valence-corrected chi connectivity index (χ1v) is 4.49. The summed E-state index contributed by atoms with van der Waals surface area (Å²) in [5, 5.41) is 19.8. The van der Waals surface area contributed by atoms with Gasteiger partial charge in [-0.2, -0.15) is 0 Å². The molecule has 0 saturated heterocycles. The van der Waals surface area contributed by atoms with Crippen LogP contribution in [0.5, 0.6) is 0 Å². The minimum absolute atomic E-state index is 0.0804. The van der Waals surface area contributed by atoms with E-state index in [1.807, 2.05) is 0 Å².